The van der Waals surface area contributed by atoms with E-state index in [-0.39, 0.29) is 6.42 Å². The molecule has 2 aromatic rings. The first-order valence-electron chi connectivity index (χ1n) is 6.26. The van der Waals surface area contributed by atoms with Crippen LogP contribution in [0.4, 0.5) is 0 Å². The number of rotatable bonds is 5. The van der Waals surface area contributed by atoms with E-state index in [4.69, 9.17) is 5.11 Å². The molecule has 0 aliphatic carbocycles. The zero-order valence-electron chi connectivity index (χ0n) is 11.4. The predicted molar refractivity (Wildman–Crippen MR) is 70.0 cm³/mol. The van der Waals surface area contributed by atoms with Crippen LogP contribution in [0.15, 0.2) is 12.5 Å². The minimum absolute atomic E-state index is 0.0186. The fourth-order valence-electron chi connectivity index (χ4n) is 2.21. The monoisotopic (exact) mass is 262 g/mol. The molecule has 102 valence electrons. The minimum atomic E-state index is -0.829. The minimum Gasteiger partial charge on any atom is -0.481 e. The van der Waals surface area contributed by atoms with E-state index >= 15 is 0 Å². The fraction of sp³-hybridized carbons (Fsp3) is 0.462. The zero-order valence-corrected chi connectivity index (χ0v) is 11.4. The summed E-state index contributed by atoms with van der Waals surface area (Å²) in [4.78, 5) is 15.0. The van der Waals surface area contributed by atoms with Gasteiger partial charge < -0.3 is 9.67 Å². The highest BCUT2D eigenvalue weighted by Crippen LogP contribution is 2.15. The van der Waals surface area contributed by atoms with Gasteiger partial charge in [0.2, 0.25) is 0 Å². The number of aliphatic carboxylic acids is 1. The molecule has 2 heterocycles. The molecule has 0 radical (unpaired) electrons. The molecule has 19 heavy (non-hydrogen) atoms. The Hall–Kier alpha value is -2.11. The van der Waals surface area contributed by atoms with Crippen LogP contribution in [0.25, 0.3) is 0 Å². The molecule has 2 aromatic heterocycles. The summed E-state index contributed by atoms with van der Waals surface area (Å²) in [6.07, 6.45) is 3.63. The molecule has 0 spiro atoms. The molecule has 0 aromatic carbocycles. The van der Waals surface area contributed by atoms with Gasteiger partial charge in [0.25, 0.3) is 0 Å². The number of carbonyl (C=O) groups is 1. The van der Waals surface area contributed by atoms with E-state index in [9.17, 15) is 4.79 Å². The van der Waals surface area contributed by atoms with E-state index in [2.05, 4.69) is 17.0 Å². The lowest BCUT2D eigenvalue weighted by atomic mass is 10.1. The van der Waals surface area contributed by atoms with Gasteiger partial charge in [0, 0.05) is 17.8 Å². The second-order valence-electron chi connectivity index (χ2n) is 4.55. The van der Waals surface area contributed by atoms with Crippen LogP contribution in [0, 0.1) is 13.8 Å². The number of imidazole rings is 1. The molecule has 6 nitrogen and oxygen atoms in total. The van der Waals surface area contributed by atoms with Gasteiger partial charge in [-0.3, -0.25) is 9.48 Å². The number of aromatic nitrogens is 4. The van der Waals surface area contributed by atoms with Crippen molar-refractivity contribution in [2.24, 2.45) is 0 Å². The van der Waals surface area contributed by atoms with Crippen molar-refractivity contribution in [2.75, 3.05) is 0 Å². The number of hydrogen-bond acceptors (Lipinski definition) is 3. The molecule has 0 bridgehead atoms. The van der Waals surface area contributed by atoms with Crippen LogP contribution < -0.4 is 0 Å². The van der Waals surface area contributed by atoms with Crippen molar-refractivity contribution in [3.63, 3.8) is 0 Å². The Morgan fingerprint density at radius 2 is 2.16 bits per heavy atom. The smallest absolute Gasteiger partial charge is 0.307 e. The van der Waals surface area contributed by atoms with Gasteiger partial charge in [0.15, 0.2) is 0 Å². The van der Waals surface area contributed by atoms with Gasteiger partial charge in [-0.15, -0.1) is 0 Å². The van der Waals surface area contributed by atoms with Crippen LogP contribution in [0.2, 0.25) is 0 Å². The summed E-state index contributed by atoms with van der Waals surface area (Å²) in [5, 5.41) is 13.3. The lowest BCUT2D eigenvalue weighted by molar-refractivity contribution is -0.136. The van der Waals surface area contributed by atoms with Crippen molar-refractivity contribution < 1.29 is 9.90 Å². The molecule has 2 rings (SSSR count). The van der Waals surface area contributed by atoms with Crippen LogP contribution in [-0.2, 0) is 24.3 Å². The van der Waals surface area contributed by atoms with Crippen LogP contribution in [0.1, 0.15) is 29.6 Å². The van der Waals surface area contributed by atoms with Gasteiger partial charge in [-0.1, -0.05) is 0 Å². The molecule has 1 N–H and O–H groups in total. The standard InChI is InChI=1S/C13H18N4O2/c1-4-16-8-14-6-11(16)7-17-10(3)12(5-13(18)19)9(2)15-17/h6,8H,4-5,7H2,1-3H3,(H,18,19). The first kappa shape index (κ1) is 13.3. The molecular weight excluding hydrogens is 244 g/mol. The van der Waals surface area contributed by atoms with E-state index < -0.39 is 5.97 Å². The SMILES string of the molecule is CCn1cncc1Cn1nc(C)c(CC(=O)O)c1C. The maximum Gasteiger partial charge on any atom is 0.307 e. The van der Waals surface area contributed by atoms with Crippen molar-refractivity contribution in [3.8, 4) is 0 Å². The van der Waals surface area contributed by atoms with Gasteiger partial charge in [0.1, 0.15) is 0 Å². The van der Waals surface area contributed by atoms with Crippen molar-refractivity contribution in [3.05, 3.63) is 35.2 Å². The molecule has 0 aliphatic heterocycles. The molecular formula is C13H18N4O2. The number of carboxylic acids is 1. The average Bonchev–Trinajstić information content (AvgIpc) is 2.89. The number of hydrogen-bond donors (Lipinski definition) is 1. The summed E-state index contributed by atoms with van der Waals surface area (Å²) >= 11 is 0. The first-order chi connectivity index (χ1) is 9.02. The molecule has 0 saturated heterocycles. The van der Waals surface area contributed by atoms with Crippen LogP contribution in [0.3, 0.4) is 0 Å². The highest BCUT2D eigenvalue weighted by Gasteiger charge is 2.15. The Kier molecular flexibility index (Phi) is 3.69. The number of aryl methyl sites for hydroxylation is 2. The van der Waals surface area contributed by atoms with Gasteiger partial charge in [0.05, 0.1) is 36.9 Å². The third-order valence-electron chi connectivity index (χ3n) is 3.31. The Morgan fingerprint density at radius 3 is 2.79 bits per heavy atom. The molecule has 0 fully saturated rings. The van der Waals surface area contributed by atoms with Crippen LogP contribution >= 0.6 is 0 Å². The number of carboxylic acid groups (broad SMARTS) is 1. The Morgan fingerprint density at radius 1 is 1.42 bits per heavy atom. The lowest BCUT2D eigenvalue weighted by Crippen LogP contribution is -2.09. The first-order valence-corrected chi connectivity index (χ1v) is 6.26. The Bertz CT molecular complexity index is 598. The second-order valence-corrected chi connectivity index (χ2v) is 4.55. The van der Waals surface area contributed by atoms with Crippen molar-refractivity contribution in [1.29, 1.82) is 0 Å². The third-order valence-corrected chi connectivity index (χ3v) is 3.31. The van der Waals surface area contributed by atoms with Crippen molar-refractivity contribution >= 4 is 5.97 Å². The molecule has 6 heteroatoms. The fourth-order valence-corrected chi connectivity index (χ4v) is 2.21. The zero-order chi connectivity index (χ0) is 14.0. The van der Waals surface area contributed by atoms with Gasteiger partial charge in [-0.2, -0.15) is 5.10 Å². The van der Waals surface area contributed by atoms with Gasteiger partial charge in [-0.05, 0) is 20.8 Å². The third kappa shape index (κ3) is 2.67. The van der Waals surface area contributed by atoms with Crippen molar-refractivity contribution in [1.82, 2.24) is 19.3 Å². The Balaban J connectivity index is 2.29. The summed E-state index contributed by atoms with van der Waals surface area (Å²) in [6, 6.07) is 0. The summed E-state index contributed by atoms with van der Waals surface area (Å²) in [6.45, 7) is 7.28. The highest BCUT2D eigenvalue weighted by atomic mass is 16.4. The second kappa shape index (κ2) is 5.26. The maximum atomic E-state index is 10.8. The van der Waals surface area contributed by atoms with Crippen molar-refractivity contribution in [2.45, 2.75) is 40.3 Å². The van der Waals surface area contributed by atoms with Gasteiger partial charge >= 0.3 is 5.97 Å². The molecule has 0 atom stereocenters. The van der Waals surface area contributed by atoms with E-state index in [1.54, 1.807) is 6.33 Å². The van der Waals surface area contributed by atoms with E-state index in [1.807, 2.05) is 29.3 Å². The topological polar surface area (TPSA) is 72.9 Å². The normalized spacial score (nSPS) is 10.9. The highest BCUT2D eigenvalue weighted by molar-refractivity contribution is 5.70. The predicted octanol–water partition coefficient (Wildman–Crippen LogP) is 1.39. The van der Waals surface area contributed by atoms with E-state index in [0.29, 0.717) is 6.54 Å². The largest absolute Gasteiger partial charge is 0.481 e. The van der Waals surface area contributed by atoms with Crippen LogP contribution in [0.5, 0.6) is 0 Å². The molecule has 0 aliphatic rings. The quantitative estimate of drug-likeness (QED) is 0.883. The van der Waals surface area contributed by atoms with E-state index in [1.165, 1.54) is 0 Å². The average molecular weight is 262 g/mol. The van der Waals surface area contributed by atoms with Gasteiger partial charge in [-0.25, -0.2) is 4.98 Å². The summed E-state index contributed by atoms with van der Waals surface area (Å²) in [5.74, 6) is -0.829. The summed E-state index contributed by atoms with van der Waals surface area (Å²) in [7, 11) is 0. The Labute approximate surface area is 111 Å². The van der Waals surface area contributed by atoms with E-state index in [0.717, 1.165) is 29.2 Å². The summed E-state index contributed by atoms with van der Waals surface area (Å²) < 4.78 is 3.89. The van der Waals surface area contributed by atoms with Crippen LogP contribution in [-0.4, -0.2) is 30.4 Å². The molecule has 0 amide bonds. The summed E-state index contributed by atoms with van der Waals surface area (Å²) in [5.41, 5.74) is 3.55. The molecule has 0 saturated carbocycles. The molecule has 0 unspecified atom stereocenters. The maximum absolute atomic E-state index is 10.8. The number of nitrogens with zero attached hydrogens (tertiary/aromatic N) is 4. The lowest BCUT2D eigenvalue weighted by Gasteiger charge is -2.07.